The van der Waals surface area contributed by atoms with Gasteiger partial charge < -0.3 is 19.7 Å². The third-order valence-electron chi connectivity index (χ3n) is 5.38. The second-order valence-corrected chi connectivity index (χ2v) is 7.26. The fraction of sp³-hybridized carbons (Fsp3) is 0.364. The van der Waals surface area contributed by atoms with Gasteiger partial charge in [0.1, 0.15) is 12.3 Å². The number of fused-ring (bicyclic) bond motifs is 1. The Morgan fingerprint density at radius 2 is 1.90 bits per heavy atom. The molecule has 1 saturated heterocycles. The molecular formula is C22H25N3O4. The predicted molar refractivity (Wildman–Crippen MR) is 109 cm³/mol. The molecule has 0 aliphatic carbocycles. The van der Waals surface area contributed by atoms with Crippen molar-refractivity contribution in [2.75, 3.05) is 38.2 Å². The van der Waals surface area contributed by atoms with Crippen molar-refractivity contribution in [3.05, 3.63) is 59.7 Å². The molecule has 2 aliphatic rings. The van der Waals surface area contributed by atoms with Gasteiger partial charge in [-0.1, -0.05) is 24.3 Å². The molecule has 2 aromatic rings. The zero-order valence-corrected chi connectivity index (χ0v) is 16.5. The highest BCUT2D eigenvalue weighted by Gasteiger charge is 2.31. The quantitative estimate of drug-likeness (QED) is 0.814. The van der Waals surface area contributed by atoms with Gasteiger partial charge in [0.05, 0.1) is 19.8 Å². The largest absolute Gasteiger partial charge is 0.497 e. The van der Waals surface area contributed by atoms with Crippen molar-refractivity contribution in [3.8, 4) is 5.75 Å². The van der Waals surface area contributed by atoms with Gasteiger partial charge >= 0.3 is 6.03 Å². The predicted octanol–water partition coefficient (Wildman–Crippen LogP) is 2.19. The summed E-state index contributed by atoms with van der Waals surface area (Å²) in [6.45, 7) is 2.14. The third kappa shape index (κ3) is 4.35. The van der Waals surface area contributed by atoms with Crippen LogP contribution >= 0.6 is 0 Å². The number of nitrogens with zero attached hydrogens (tertiary/aromatic N) is 2. The molecule has 7 heteroatoms. The molecule has 2 aromatic carbocycles. The van der Waals surface area contributed by atoms with E-state index < -0.39 is 0 Å². The number of carbonyl (C=O) groups excluding carboxylic acids is 2. The number of carbonyl (C=O) groups is 2. The summed E-state index contributed by atoms with van der Waals surface area (Å²) in [5.41, 5.74) is 3.27. The summed E-state index contributed by atoms with van der Waals surface area (Å²) in [5, 5.41) is 2.91. The van der Waals surface area contributed by atoms with Gasteiger partial charge in [0.15, 0.2) is 0 Å². The van der Waals surface area contributed by atoms with E-state index in [1.165, 1.54) is 11.1 Å². The molecule has 0 bridgehead atoms. The van der Waals surface area contributed by atoms with E-state index in [0.29, 0.717) is 26.2 Å². The molecule has 0 unspecified atom stereocenters. The molecule has 1 N–H and O–H groups in total. The molecule has 3 amide bonds. The molecule has 29 heavy (non-hydrogen) atoms. The number of nitrogens with one attached hydrogen (secondary N) is 1. The number of rotatable bonds is 6. The van der Waals surface area contributed by atoms with Gasteiger partial charge in [-0.3, -0.25) is 9.69 Å². The second kappa shape index (κ2) is 8.53. The summed E-state index contributed by atoms with van der Waals surface area (Å²) in [6, 6.07) is 15.4. The van der Waals surface area contributed by atoms with Crippen LogP contribution in [-0.4, -0.2) is 56.2 Å². The Labute approximate surface area is 170 Å². The van der Waals surface area contributed by atoms with Crippen molar-refractivity contribution in [1.29, 1.82) is 0 Å². The normalized spacial score (nSPS) is 18.5. The monoisotopic (exact) mass is 395 g/mol. The highest BCUT2D eigenvalue weighted by atomic mass is 16.5. The van der Waals surface area contributed by atoms with Crippen LogP contribution in [0.15, 0.2) is 48.5 Å². The molecule has 0 radical (unpaired) electrons. The van der Waals surface area contributed by atoms with Crippen LogP contribution in [0.5, 0.6) is 5.75 Å². The van der Waals surface area contributed by atoms with Gasteiger partial charge in [-0.05, 0) is 35.4 Å². The molecule has 4 rings (SSSR count). The van der Waals surface area contributed by atoms with Crippen molar-refractivity contribution in [2.45, 2.75) is 19.1 Å². The standard InChI is InChI=1S/C22H25N3O4/c1-28-19-8-6-18(7-9-19)25-11-10-24(22(25)27)14-21(26)23-13-20-12-16-4-2-3-5-17(16)15-29-20/h2-9,20H,10-15H2,1H3,(H,23,26)/t20-/m1/s1. The first kappa shape index (κ1) is 19.3. The van der Waals surface area contributed by atoms with E-state index in [1.54, 1.807) is 16.9 Å². The first-order valence-corrected chi connectivity index (χ1v) is 9.79. The Bertz CT molecular complexity index is 884. The number of ether oxygens (including phenoxy) is 2. The number of hydrogen-bond acceptors (Lipinski definition) is 4. The summed E-state index contributed by atoms with van der Waals surface area (Å²) in [6.07, 6.45) is 0.739. The second-order valence-electron chi connectivity index (χ2n) is 7.26. The lowest BCUT2D eigenvalue weighted by molar-refractivity contribution is -0.122. The van der Waals surface area contributed by atoms with E-state index in [2.05, 4.69) is 17.4 Å². The minimum atomic E-state index is -0.169. The minimum Gasteiger partial charge on any atom is -0.497 e. The van der Waals surface area contributed by atoms with Crippen LogP contribution in [0.3, 0.4) is 0 Å². The molecule has 2 heterocycles. The topological polar surface area (TPSA) is 71.1 Å². The van der Waals surface area contributed by atoms with Gasteiger partial charge in [-0.2, -0.15) is 0 Å². The van der Waals surface area contributed by atoms with Gasteiger partial charge in [-0.25, -0.2) is 4.79 Å². The summed E-state index contributed by atoms with van der Waals surface area (Å²) in [5.74, 6) is 0.571. The number of hydrogen-bond donors (Lipinski definition) is 1. The Hall–Kier alpha value is -3.06. The van der Waals surface area contributed by atoms with Crippen LogP contribution < -0.4 is 15.0 Å². The lowest BCUT2D eigenvalue weighted by Crippen LogP contribution is -2.43. The van der Waals surface area contributed by atoms with Gasteiger partial charge in [0.2, 0.25) is 5.91 Å². The molecule has 0 spiro atoms. The maximum absolute atomic E-state index is 12.7. The molecule has 152 valence electrons. The SMILES string of the molecule is COc1ccc(N2CCN(CC(=O)NC[C@H]3Cc4ccccc4CO3)C2=O)cc1. The Morgan fingerprint density at radius 3 is 2.66 bits per heavy atom. The van der Waals surface area contributed by atoms with Crippen molar-refractivity contribution in [2.24, 2.45) is 0 Å². The zero-order chi connectivity index (χ0) is 20.2. The van der Waals surface area contributed by atoms with Gasteiger partial charge in [-0.15, -0.1) is 0 Å². The van der Waals surface area contributed by atoms with E-state index in [4.69, 9.17) is 9.47 Å². The number of urea groups is 1. The highest BCUT2D eigenvalue weighted by molar-refractivity contribution is 5.96. The van der Waals surface area contributed by atoms with E-state index in [1.807, 2.05) is 36.4 Å². The first-order chi connectivity index (χ1) is 14.1. The Balaban J connectivity index is 1.26. The van der Waals surface area contributed by atoms with Crippen molar-refractivity contribution < 1.29 is 19.1 Å². The van der Waals surface area contributed by atoms with Crippen LogP contribution in [0.25, 0.3) is 0 Å². The number of amides is 3. The summed E-state index contributed by atoms with van der Waals surface area (Å²) in [4.78, 5) is 28.3. The van der Waals surface area contributed by atoms with E-state index in [0.717, 1.165) is 17.9 Å². The smallest absolute Gasteiger partial charge is 0.325 e. The van der Waals surface area contributed by atoms with E-state index in [9.17, 15) is 9.59 Å². The van der Waals surface area contributed by atoms with Crippen molar-refractivity contribution >= 4 is 17.6 Å². The molecule has 2 aliphatic heterocycles. The van der Waals surface area contributed by atoms with Crippen LogP contribution in [0.4, 0.5) is 10.5 Å². The summed E-state index contributed by atoms with van der Waals surface area (Å²) >= 11 is 0. The Morgan fingerprint density at radius 1 is 1.14 bits per heavy atom. The molecule has 7 nitrogen and oxygen atoms in total. The number of anilines is 1. The fourth-order valence-corrected chi connectivity index (χ4v) is 3.73. The first-order valence-electron chi connectivity index (χ1n) is 9.79. The summed E-state index contributed by atoms with van der Waals surface area (Å²) in [7, 11) is 1.60. The highest BCUT2D eigenvalue weighted by Crippen LogP contribution is 2.23. The molecule has 1 fully saturated rings. The number of benzene rings is 2. The number of methoxy groups -OCH3 is 1. The maximum atomic E-state index is 12.7. The van der Waals surface area contributed by atoms with Crippen LogP contribution in [0, 0.1) is 0 Å². The third-order valence-corrected chi connectivity index (χ3v) is 5.38. The fourth-order valence-electron chi connectivity index (χ4n) is 3.73. The zero-order valence-electron chi connectivity index (χ0n) is 16.5. The Kier molecular flexibility index (Phi) is 5.67. The molecule has 1 atom stereocenters. The maximum Gasteiger partial charge on any atom is 0.325 e. The summed E-state index contributed by atoms with van der Waals surface area (Å²) < 4.78 is 11.0. The molecule has 0 saturated carbocycles. The average molecular weight is 395 g/mol. The lowest BCUT2D eigenvalue weighted by Gasteiger charge is -2.26. The van der Waals surface area contributed by atoms with Crippen LogP contribution in [-0.2, 0) is 22.6 Å². The average Bonchev–Trinajstić information content (AvgIpc) is 3.12. The van der Waals surface area contributed by atoms with Crippen LogP contribution in [0.1, 0.15) is 11.1 Å². The van der Waals surface area contributed by atoms with E-state index >= 15 is 0 Å². The van der Waals surface area contributed by atoms with Gasteiger partial charge in [0.25, 0.3) is 0 Å². The minimum absolute atomic E-state index is 0.0427. The van der Waals surface area contributed by atoms with Crippen LogP contribution in [0.2, 0.25) is 0 Å². The van der Waals surface area contributed by atoms with Gasteiger partial charge in [0, 0.05) is 31.7 Å². The lowest BCUT2D eigenvalue weighted by atomic mass is 9.99. The molecular weight excluding hydrogens is 370 g/mol. The van der Waals surface area contributed by atoms with Crippen molar-refractivity contribution in [1.82, 2.24) is 10.2 Å². The molecule has 0 aromatic heterocycles. The van der Waals surface area contributed by atoms with E-state index in [-0.39, 0.29) is 24.6 Å². The van der Waals surface area contributed by atoms with Crippen molar-refractivity contribution in [3.63, 3.8) is 0 Å².